The number of alkyl halides is 3. The Morgan fingerprint density at radius 3 is 2.39 bits per heavy atom. The third-order valence-electron chi connectivity index (χ3n) is 3.19. The van der Waals surface area contributed by atoms with Crippen molar-refractivity contribution in [3.8, 4) is 0 Å². The van der Waals surface area contributed by atoms with E-state index in [2.05, 4.69) is 5.32 Å². The Kier molecular flexibility index (Phi) is 2.80. The van der Waals surface area contributed by atoms with Crippen molar-refractivity contribution in [1.29, 1.82) is 0 Å². The molecule has 2 aliphatic rings. The molecule has 18 heavy (non-hydrogen) atoms. The second-order valence-electron chi connectivity index (χ2n) is 4.46. The van der Waals surface area contributed by atoms with E-state index < -0.39 is 18.0 Å². The fourth-order valence-electron chi connectivity index (χ4n) is 2.27. The lowest BCUT2D eigenvalue weighted by molar-refractivity contribution is -0.138. The minimum atomic E-state index is -4.34. The first-order chi connectivity index (χ1) is 8.54. The van der Waals surface area contributed by atoms with Crippen LogP contribution in [0.3, 0.4) is 0 Å². The summed E-state index contributed by atoms with van der Waals surface area (Å²) in [5.74, 6) is 0. The summed E-state index contributed by atoms with van der Waals surface area (Å²) in [6.45, 7) is 1.36. The Balaban J connectivity index is 1.81. The van der Waals surface area contributed by atoms with E-state index >= 15 is 0 Å². The molecule has 3 rings (SSSR count). The molecule has 6 heteroatoms. The van der Waals surface area contributed by atoms with E-state index in [1.807, 2.05) is 0 Å². The molecule has 0 saturated carbocycles. The molecule has 2 saturated heterocycles. The first-order valence-corrected chi connectivity index (χ1v) is 5.73. The van der Waals surface area contributed by atoms with Crippen LogP contribution >= 0.6 is 0 Å². The first-order valence-electron chi connectivity index (χ1n) is 5.73. The van der Waals surface area contributed by atoms with Crippen molar-refractivity contribution in [3.63, 3.8) is 0 Å². The van der Waals surface area contributed by atoms with Crippen LogP contribution in [-0.2, 0) is 15.7 Å². The van der Waals surface area contributed by atoms with Crippen LogP contribution < -0.4 is 5.32 Å². The molecule has 2 unspecified atom stereocenters. The Hall–Kier alpha value is -1.11. The van der Waals surface area contributed by atoms with Gasteiger partial charge < -0.3 is 14.8 Å². The van der Waals surface area contributed by atoms with Gasteiger partial charge in [0, 0.05) is 18.7 Å². The van der Waals surface area contributed by atoms with Crippen LogP contribution in [0, 0.1) is 0 Å². The lowest BCUT2D eigenvalue weighted by atomic mass is 10.1. The zero-order valence-electron chi connectivity index (χ0n) is 9.41. The molecule has 1 aromatic carbocycles. The van der Waals surface area contributed by atoms with Gasteiger partial charge in [-0.15, -0.1) is 0 Å². The van der Waals surface area contributed by atoms with Gasteiger partial charge >= 0.3 is 6.18 Å². The third-order valence-corrected chi connectivity index (χ3v) is 3.19. The molecule has 0 spiro atoms. The highest BCUT2D eigenvalue weighted by molar-refractivity contribution is 5.27. The van der Waals surface area contributed by atoms with Crippen molar-refractivity contribution in [1.82, 2.24) is 5.32 Å². The largest absolute Gasteiger partial charge is 0.416 e. The molecule has 3 nitrogen and oxygen atoms in total. The van der Waals surface area contributed by atoms with E-state index in [0.717, 1.165) is 12.1 Å². The molecule has 2 aliphatic heterocycles. The average Bonchev–Trinajstić information content (AvgIpc) is 2.88. The lowest BCUT2D eigenvalue weighted by Crippen LogP contribution is -2.18. The normalized spacial score (nSPS) is 31.6. The molecule has 2 atom stereocenters. The standard InChI is InChI=1S/C12H12F3NO2/c13-12(14,15)8-3-1-2-7(4-8)11-17-9-5-16-6-10(9)18-11/h1-4,9-11,16H,5-6H2. The van der Waals surface area contributed by atoms with Gasteiger partial charge in [-0.1, -0.05) is 12.1 Å². The molecule has 0 radical (unpaired) electrons. The minimum Gasteiger partial charge on any atom is -0.341 e. The molecule has 0 aliphatic carbocycles. The van der Waals surface area contributed by atoms with Crippen LogP contribution in [0.4, 0.5) is 13.2 Å². The Morgan fingerprint density at radius 1 is 1.11 bits per heavy atom. The van der Waals surface area contributed by atoms with Gasteiger partial charge in [-0.05, 0) is 12.1 Å². The van der Waals surface area contributed by atoms with Gasteiger partial charge in [0.25, 0.3) is 0 Å². The number of ether oxygens (including phenoxy) is 2. The second-order valence-corrected chi connectivity index (χ2v) is 4.46. The van der Waals surface area contributed by atoms with E-state index in [1.54, 1.807) is 6.07 Å². The average molecular weight is 259 g/mol. The van der Waals surface area contributed by atoms with E-state index in [1.165, 1.54) is 6.07 Å². The molecule has 2 heterocycles. The van der Waals surface area contributed by atoms with Gasteiger partial charge in [-0.25, -0.2) is 0 Å². The summed E-state index contributed by atoms with van der Waals surface area (Å²) in [6.07, 6.45) is -5.16. The van der Waals surface area contributed by atoms with Gasteiger partial charge in [-0.3, -0.25) is 0 Å². The topological polar surface area (TPSA) is 30.5 Å². The molecular weight excluding hydrogens is 247 g/mol. The van der Waals surface area contributed by atoms with Gasteiger partial charge in [0.05, 0.1) is 5.56 Å². The number of halogens is 3. The predicted molar refractivity (Wildman–Crippen MR) is 56.8 cm³/mol. The van der Waals surface area contributed by atoms with Gasteiger partial charge in [-0.2, -0.15) is 13.2 Å². The summed E-state index contributed by atoms with van der Waals surface area (Å²) < 4.78 is 49.0. The maximum absolute atomic E-state index is 12.6. The maximum Gasteiger partial charge on any atom is 0.416 e. The summed E-state index contributed by atoms with van der Waals surface area (Å²) in [5, 5.41) is 3.10. The summed E-state index contributed by atoms with van der Waals surface area (Å²) in [4.78, 5) is 0. The highest BCUT2D eigenvalue weighted by Crippen LogP contribution is 2.36. The molecule has 1 N–H and O–H groups in total. The van der Waals surface area contributed by atoms with E-state index in [4.69, 9.17) is 9.47 Å². The molecule has 0 amide bonds. The van der Waals surface area contributed by atoms with Crippen molar-refractivity contribution >= 4 is 0 Å². The van der Waals surface area contributed by atoms with Crippen LogP contribution in [0.25, 0.3) is 0 Å². The van der Waals surface area contributed by atoms with Crippen molar-refractivity contribution < 1.29 is 22.6 Å². The van der Waals surface area contributed by atoms with Gasteiger partial charge in [0.15, 0.2) is 6.29 Å². The molecule has 2 fully saturated rings. The number of hydrogen-bond acceptors (Lipinski definition) is 3. The second kappa shape index (κ2) is 4.22. The zero-order valence-corrected chi connectivity index (χ0v) is 9.41. The zero-order chi connectivity index (χ0) is 12.8. The van der Waals surface area contributed by atoms with Crippen LogP contribution in [-0.4, -0.2) is 25.3 Å². The van der Waals surface area contributed by atoms with Crippen molar-refractivity contribution in [2.24, 2.45) is 0 Å². The Labute approximate surface area is 102 Å². The summed E-state index contributed by atoms with van der Waals surface area (Å²) in [6, 6.07) is 5.09. The highest BCUT2D eigenvalue weighted by atomic mass is 19.4. The van der Waals surface area contributed by atoms with E-state index in [9.17, 15) is 13.2 Å². The smallest absolute Gasteiger partial charge is 0.341 e. The summed E-state index contributed by atoms with van der Waals surface area (Å²) in [5.41, 5.74) is -0.262. The monoisotopic (exact) mass is 259 g/mol. The van der Waals surface area contributed by atoms with E-state index in [-0.39, 0.29) is 12.2 Å². The summed E-state index contributed by atoms with van der Waals surface area (Å²) >= 11 is 0. The van der Waals surface area contributed by atoms with Crippen molar-refractivity contribution in [3.05, 3.63) is 35.4 Å². The number of benzene rings is 1. The number of fused-ring (bicyclic) bond motifs is 1. The quantitative estimate of drug-likeness (QED) is 0.837. The first kappa shape index (κ1) is 12.0. The molecule has 1 aromatic rings. The number of rotatable bonds is 1. The molecular formula is C12H12F3NO2. The van der Waals surface area contributed by atoms with Crippen LogP contribution in [0.15, 0.2) is 24.3 Å². The predicted octanol–water partition coefficient (Wildman–Crippen LogP) is 2.09. The number of nitrogens with one attached hydrogen (secondary N) is 1. The van der Waals surface area contributed by atoms with Crippen LogP contribution in [0.2, 0.25) is 0 Å². The summed E-state index contributed by atoms with van der Waals surface area (Å²) in [7, 11) is 0. The Bertz CT molecular complexity index is 437. The fourth-order valence-corrected chi connectivity index (χ4v) is 2.27. The third kappa shape index (κ3) is 2.11. The molecule has 0 bridgehead atoms. The Morgan fingerprint density at radius 2 is 1.78 bits per heavy atom. The highest BCUT2D eigenvalue weighted by Gasteiger charge is 2.40. The fraction of sp³-hybridized carbons (Fsp3) is 0.500. The van der Waals surface area contributed by atoms with Crippen molar-refractivity contribution in [2.45, 2.75) is 24.7 Å². The lowest BCUT2D eigenvalue weighted by Gasteiger charge is -2.14. The minimum absolute atomic E-state index is 0.0652. The maximum atomic E-state index is 12.6. The molecule has 0 aromatic heterocycles. The SMILES string of the molecule is FC(F)(F)c1cccc(C2OC3CNCC3O2)c1. The van der Waals surface area contributed by atoms with Crippen LogP contribution in [0.1, 0.15) is 17.4 Å². The van der Waals surface area contributed by atoms with Crippen LogP contribution in [0.5, 0.6) is 0 Å². The molecule has 98 valence electrons. The van der Waals surface area contributed by atoms with Gasteiger partial charge in [0.1, 0.15) is 12.2 Å². The number of hydrogen-bond donors (Lipinski definition) is 1. The van der Waals surface area contributed by atoms with Crippen molar-refractivity contribution in [2.75, 3.05) is 13.1 Å². The van der Waals surface area contributed by atoms with E-state index in [0.29, 0.717) is 18.7 Å². The van der Waals surface area contributed by atoms with Gasteiger partial charge in [0.2, 0.25) is 0 Å².